The van der Waals surface area contributed by atoms with Crippen molar-refractivity contribution in [1.82, 2.24) is 4.98 Å². The van der Waals surface area contributed by atoms with Gasteiger partial charge in [0.1, 0.15) is 11.0 Å². The first kappa shape index (κ1) is 21.5. The molecule has 1 atom stereocenters. The van der Waals surface area contributed by atoms with Gasteiger partial charge in [0.15, 0.2) is 0 Å². The van der Waals surface area contributed by atoms with E-state index in [0.29, 0.717) is 11.4 Å². The molecule has 1 aliphatic carbocycles. The first-order valence-electron chi connectivity index (χ1n) is 11.1. The van der Waals surface area contributed by atoms with Crippen molar-refractivity contribution >= 4 is 34.0 Å². The largest absolute Gasteiger partial charge is 0.314 e. The van der Waals surface area contributed by atoms with Crippen LogP contribution < -0.4 is 10.0 Å². The molecule has 0 fully saturated rings. The van der Waals surface area contributed by atoms with Crippen molar-refractivity contribution in [2.75, 3.05) is 11.4 Å². The Balaban J connectivity index is 0.000000146. The summed E-state index contributed by atoms with van der Waals surface area (Å²) in [5, 5.41) is 6.46. The average Bonchev–Trinajstić information content (AvgIpc) is 3.49. The predicted octanol–water partition coefficient (Wildman–Crippen LogP) is 4.58. The highest BCUT2D eigenvalue weighted by molar-refractivity contribution is 7.82. The molecule has 2 heterocycles. The zero-order valence-corrected chi connectivity index (χ0v) is 19.1. The number of carbonyl (C=O) groups excluding carboxylic acids is 1. The fraction of sp³-hybridized carbons (Fsp3) is 0.185. The number of aryl methyl sites for hydroxylation is 2. The molecule has 0 bridgehead atoms. The number of rotatable bonds is 3. The van der Waals surface area contributed by atoms with Crippen molar-refractivity contribution < 1.29 is 9.00 Å². The Hall–Kier alpha value is -3.35. The number of nitrogens with two attached hydrogens (primary N) is 1. The first-order chi connectivity index (χ1) is 16.1. The van der Waals surface area contributed by atoms with E-state index in [1.807, 2.05) is 12.1 Å². The van der Waals surface area contributed by atoms with Crippen LogP contribution in [0.4, 0.5) is 5.69 Å². The summed E-state index contributed by atoms with van der Waals surface area (Å²) in [6, 6.07) is 24.7. The van der Waals surface area contributed by atoms with Crippen LogP contribution >= 0.6 is 0 Å². The van der Waals surface area contributed by atoms with Gasteiger partial charge < -0.3 is 4.90 Å². The molecule has 4 aromatic rings. The van der Waals surface area contributed by atoms with Gasteiger partial charge in [-0.15, -0.1) is 0 Å². The number of anilines is 1. The van der Waals surface area contributed by atoms with Crippen LogP contribution in [0.1, 0.15) is 23.1 Å². The zero-order chi connectivity index (χ0) is 22.8. The lowest BCUT2D eigenvalue weighted by molar-refractivity contribution is -0.107. The van der Waals surface area contributed by atoms with E-state index in [2.05, 4.69) is 48.5 Å². The molecule has 1 aromatic heterocycles. The van der Waals surface area contributed by atoms with Crippen LogP contribution in [0.25, 0.3) is 22.2 Å². The molecule has 2 N–H and O–H groups in total. The Morgan fingerprint density at radius 2 is 1.70 bits per heavy atom. The van der Waals surface area contributed by atoms with Gasteiger partial charge in [0.05, 0.1) is 16.1 Å². The lowest BCUT2D eigenvalue weighted by atomic mass is 10.0. The van der Waals surface area contributed by atoms with E-state index in [1.54, 1.807) is 17.0 Å². The number of pyridine rings is 1. The van der Waals surface area contributed by atoms with E-state index in [-0.39, 0.29) is 0 Å². The minimum atomic E-state index is -1.48. The number of benzene rings is 3. The van der Waals surface area contributed by atoms with Crippen molar-refractivity contribution in [2.24, 2.45) is 5.14 Å². The van der Waals surface area contributed by atoms with E-state index in [0.717, 1.165) is 35.3 Å². The fourth-order valence-corrected chi connectivity index (χ4v) is 5.01. The summed E-state index contributed by atoms with van der Waals surface area (Å²) in [6.07, 6.45) is 5.39. The molecule has 0 spiro atoms. The molecule has 1 amide bonds. The first-order valence-corrected chi connectivity index (χ1v) is 12.3. The highest BCUT2D eigenvalue weighted by Crippen LogP contribution is 2.29. The monoisotopic (exact) mass is 455 g/mol. The molecular weight excluding hydrogens is 430 g/mol. The molecule has 2 aliphatic rings. The molecule has 6 heteroatoms. The minimum Gasteiger partial charge on any atom is -0.314 e. The maximum atomic E-state index is 11.0. The van der Waals surface area contributed by atoms with Crippen molar-refractivity contribution in [1.29, 1.82) is 0 Å². The fourth-order valence-electron chi connectivity index (χ4n) is 4.58. The topological polar surface area (TPSA) is 76.3 Å². The van der Waals surface area contributed by atoms with Gasteiger partial charge in [-0.05, 0) is 72.7 Å². The third-order valence-corrected chi connectivity index (χ3v) is 7.06. The Morgan fingerprint density at radius 3 is 2.55 bits per heavy atom. The van der Waals surface area contributed by atoms with Gasteiger partial charge in [0.2, 0.25) is 6.41 Å². The van der Waals surface area contributed by atoms with Crippen LogP contribution in [0.3, 0.4) is 0 Å². The predicted molar refractivity (Wildman–Crippen MR) is 133 cm³/mol. The minimum absolute atomic E-state index is 0.553. The summed E-state index contributed by atoms with van der Waals surface area (Å²) in [5.74, 6) is 0. The number of para-hydroxylation sites is 1. The van der Waals surface area contributed by atoms with E-state index in [9.17, 15) is 9.00 Å². The molecule has 3 aromatic carbocycles. The maximum Gasteiger partial charge on any atom is 0.214 e. The molecule has 0 saturated carbocycles. The normalized spacial score (nSPS) is 14.9. The van der Waals surface area contributed by atoms with Gasteiger partial charge in [-0.2, -0.15) is 0 Å². The van der Waals surface area contributed by atoms with Gasteiger partial charge in [0.25, 0.3) is 0 Å². The molecule has 1 unspecified atom stereocenters. The van der Waals surface area contributed by atoms with Crippen LogP contribution in [0, 0.1) is 0 Å². The van der Waals surface area contributed by atoms with Gasteiger partial charge >= 0.3 is 0 Å². The van der Waals surface area contributed by atoms with Crippen LogP contribution in [-0.2, 0) is 35.0 Å². The number of fused-ring (bicyclic) bond motifs is 3. The molecule has 1 aliphatic heterocycles. The second-order valence-electron chi connectivity index (χ2n) is 8.36. The van der Waals surface area contributed by atoms with Crippen molar-refractivity contribution in [3.05, 3.63) is 89.5 Å². The highest BCUT2D eigenvalue weighted by Gasteiger charge is 2.19. The lowest BCUT2D eigenvalue weighted by Crippen LogP contribution is -2.17. The lowest BCUT2D eigenvalue weighted by Gasteiger charge is -2.10. The zero-order valence-electron chi connectivity index (χ0n) is 18.2. The van der Waals surface area contributed by atoms with Gasteiger partial charge in [-0.1, -0.05) is 42.5 Å². The molecule has 0 radical (unpaired) electrons. The highest BCUT2D eigenvalue weighted by atomic mass is 32.2. The second kappa shape index (κ2) is 9.25. The van der Waals surface area contributed by atoms with Crippen molar-refractivity contribution in [2.45, 2.75) is 30.6 Å². The standard InChI is InChI=1S/C18H15N.C9H10N2O2S/c1-2-7-17-14(4-1)10-11-18(19-17)16-9-8-13-5-3-6-15(13)12-16;10-14(13)8-2-1-7-3-4-11(6-12)9(7)5-8/h1-2,4,7-12H,3,5-6H2;1-2,5-6H,3-4,10H2. The Labute approximate surface area is 195 Å². The van der Waals surface area contributed by atoms with E-state index < -0.39 is 11.0 Å². The van der Waals surface area contributed by atoms with Crippen molar-refractivity contribution in [3.8, 4) is 11.3 Å². The SMILES string of the molecule is NS(=O)c1ccc2c(c1)N(C=O)CC2.c1ccc2nc(-c3ccc4c(c3)CCC4)ccc2c1. The maximum absolute atomic E-state index is 11.0. The molecule has 5 nitrogen and oxygen atoms in total. The summed E-state index contributed by atoms with van der Waals surface area (Å²) in [6.45, 7) is 0.694. The van der Waals surface area contributed by atoms with E-state index in [4.69, 9.17) is 10.1 Å². The summed E-state index contributed by atoms with van der Waals surface area (Å²) in [5.41, 5.74) is 8.35. The third kappa shape index (κ3) is 4.45. The van der Waals surface area contributed by atoms with E-state index >= 15 is 0 Å². The number of amides is 1. The molecular formula is C27H25N3O2S. The van der Waals surface area contributed by atoms with Gasteiger partial charge in [-0.3, -0.25) is 4.79 Å². The number of hydrogen-bond donors (Lipinski definition) is 1. The third-order valence-electron chi connectivity index (χ3n) is 6.34. The summed E-state index contributed by atoms with van der Waals surface area (Å²) < 4.78 is 11.0. The van der Waals surface area contributed by atoms with Crippen LogP contribution in [0.15, 0.2) is 77.7 Å². The number of carbonyl (C=O) groups is 1. The van der Waals surface area contributed by atoms with Gasteiger partial charge in [0, 0.05) is 23.2 Å². The Kier molecular flexibility index (Phi) is 6.03. The number of aromatic nitrogens is 1. The molecule has 6 rings (SSSR count). The number of hydrogen-bond acceptors (Lipinski definition) is 3. The van der Waals surface area contributed by atoms with Crippen LogP contribution in [0.2, 0.25) is 0 Å². The smallest absolute Gasteiger partial charge is 0.214 e. The van der Waals surface area contributed by atoms with Crippen molar-refractivity contribution in [3.63, 3.8) is 0 Å². The summed E-state index contributed by atoms with van der Waals surface area (Å²) in [7, 11) is -1.48. The van der Waals surface area contributed by atoms with Crippen LogP contribution in [-0.4, -0.2) is 22.1 Å². The van der Waals surface area contributed by atoms with Gasteiger partial charge in [-0.25, -0.2) is 14.3 Å². The second-order valence-corrected chi connectivity index (χ2v) is 9.43. The summed E-state index contributed by atoms with van der Waals surface area (Å²) in [4.78, 5) is 17.6. The average molecular weight is 456 g/mol. The number of nitrogens with zero attached hydrogens (tertiary/aromatic N) is 2. The summed E-state index contributed by atoms with van der Waals surface area (Å²) >= 11 is 0. The van der Waals surface area contributed by atoms with E-state index in [1.165, 1.54) is 41.3 Å². The Bertz CT molecular complexity index is 1370. The quantitative estimate of drug-likeness (QED) is 0.460. The Morgan fingerprint density at radius 1 is 0.879 bits per heavy atom. The molecule has 166 valence electrons. The van der Waals surface area contributed by atoms with Crippen LogP contribution in [0.5, 0.6) is 0 Å². The molecule has 33 heavy (non-hydrogen) atoms. The molecule has 0 saturated heterocycles.